The van der Waals surface area contributed by atoms with Crippen LogP contribution in [-0.2, 0) is 0 Å². The number of hydrogen-bond donors (Lipinski definition) is 2. The van der Waals surface area contributed by atoms with Crippen molar-refractivity contribution in [1.29, 1.82) is 0 Å². The zero-order valence-corrected chi connectivity index (χ0v) is 37.2. The van der Waals surface area contributed by atoms with E-state index in [1.807, 2.05) is 24.3 Å². The lowest BCUT2D eigenvalue weighted by Crippen LogP contribution is -1.96. The number of benzene rings is 4. The van der Waals surface area contributed by atoms with Gasteiger partial charge in [0.2, 0.25) is 0 Å². The van der Waals surface area contributed by atoms with Crippen molar-refractivity contribution in [2.75, 3.05) is 0 Å². The van der Waals surface area contributed by atoms with Crippen LogP contribution in [0.1, 0.15) is 0 Å². The number of rotatable bonds is 4. The second-order valence-corrected chi connectivity index (χ2v) is 17.4. The molecule has 0 saturated carbocycles. The smallest absolute Gasteiger partial charge is 0.185 e. The summed E-state index contributed by atoms with van der Waals surface area (Å²) < 4.78 is 14.4. The molecule has 0 aliphatic carbocycles. The first-order chi connectivity index (χ1) is 18.2. The molecule has 204 valence electrons. The van der Waals surface area contributed by atoms with Crippen molar-refractivity contribution in [2.24, 2.45) is 0 Å². The van der Waals surface area contributed by atoms with Crippen molar-refractivity contribution in [2.45, 2.75) is 0 Å². The molecule has 0 unspecified atom stereocenters. The van der Waals surface area contributed by atoms with Crippen LogP contribution in [0.15, 0.2) is 77.9 Å². The van der Waals surface area contributed by atoms with E-state index in [4.69, 9.17) is 4.74 Å². The van der Waals surface area contributed by atoms with E-state index in [1.54, 1.807) is 0 Å². The first kappa shape index (κ1) is 33.9. The molecular weight excluding hydrogens is 1300 g/mol. The Hall–Kier alpha value is 2.04. The van der Waals surface area contributed by atoms with Gasteiger partial charge in [0.05, 0.1) is 17.9 Å². The molecular formula is C24H6Br12O3. The number of phenolic OH excluding ortho intramolecular Hbond substituents is 2. The summed E-state index contributed by atoms with van der Waals surface area (Å²) in [4.78, 5) is 0. The van der Waals surface area contributed by atoms with Gasteiger partial charge >= 0.3 is 0 Å². The second kappa shape index (κ2) is 13.6. The molecule has 0 fully saturated rings. The third-order valence-corrected chi connectivity index (χ3v) is 18.4. The summed E-state index contributed by atoms with van der Waals surface area (Å²) >= 11 is 42.6. The van der Waals surface area contributed by atoms with Crippen LogP contribution < -0.4 is 4.74 Å². The molecule has 0 radical (unpaired) electrons. The van der Waals surface area contributed by atoms with Gasteiger partial charge in [0.25, 0.3) is 0 Å². The molecule has 0 bridgehead atoms. The van der Waals surface area contributed by atoms with Crippen molar-refractivity contribution in [1.82, 2.24) is 0 Å². The van der Waals surface area contributed by atoms with Crippen LogP contribution in [0.5, 0.6) is 23.0 Å². The van der Waals surface area contributed by atoms with Crippen molar-refractivity contribution in [3.8, 4) is 45.3 Å². The molecule has 4 aromatic carbocycles. The van der Waals surface area contributed by atoms with Gasteiger partial charge in [0.15, 0.2) is 23.0 Å². The maximum atomic E-state index is 11.6. The van der Waals surface area contributed by atoms with Gasteiger partial charge in [-0.15, -0.1) is 0 Å². The summed E-state index contributed by atoms with van der Waals surface area (Å²) in [7, 11) is 0. The van der Waals surface area contributed by atoms with Gasteiger partial charge in [-0.1, -0.05) is 0 Å². The average molecular weight is 1300 g/mol. The Morgan fingerprint density at radius 3 is 0.949 bits per heavy atom. The third-order valence-electron chi connectivity index (χ3n) is 5.26. The van der Waals surface area contributed by atoms with E-state index in [0.29, 0.717) is 49.1 Å². The van der Waals surface area contributed by atoms with E-state index in [1.165, 1.54) is 0 Å². The molecule has 0 amide bonds. The van der Waals surface area contributed by atoms with E-state index < -0.39 is 0 Å². The van der Waals surface area contributed by atoms with Gasteiger partial charge in [-0.25, -0.2) is 0 Å². The Morgan fingerprint density at radius 1 is 0.385 bits per heavy atom. The highest BCUT2D eigenvalue weighted by atomic mass is 79.9. The summed E-state index contributed by atoms with van der Waals surface area (Å²) in [6, 6.07) is 7.46. The van der Waals surface area contributed by atoms with E-state index in [9.17, 15) is 10.2 Å². The van der Waals surface area contributed by atoms with Gasteiger partial charge in [-0.2, -0.15) is 0 Å². The summed E-state index contributed by atoms with van der Waals surface area (Å²) in [5.41, 5.74) is 2.35. The molecule has 3 nitrogen and oxygen atoms in total. The topological polar surface area (TPSA) is 49.7 Å². The fourth-order valence-electron chi connectivity index (χ4n) is 3.47. The van der Waals surface area contributed by atoms with E-state index in [2.05, 4.69) is 191 Å². The van der Waals surface area contributed by atoms with Crippen LogP contribution in [0, 0.1) is 0 Å². The Bertz CT molecular complexity index is 1520. The molecule has 0 aliphatic rings. The van der Waals surface area contributed by atoms with Crippen LogP contribution in [0.3, 0.4) is 0 Å². The highest BCUT2D eigenvalue weighted by Gasteiger charge is 2.29. The Kier molecular flexibility index (Phi) is 11.8. The number of hydrogen-bond acceptors (Lipinski definition) is 3. The minimum absolute atomic E-state index is 0.0876. The SMILES string of the molecule is Oc1c(Oc2c(O)c(-c3cc(Br)c(Br)c(Br)c3)c(Br)c(Br)c2Br)c(Br)c(Br)c(Br)c1-c1cc(Br)c(Br)c(Br)c1. The van der Waals surface area contributed by atoms with Crippen molar-refractivity contribution < 1.29 is 14.9 Å². The zero-order valence-electron chi connectivity index (χ0n) is 18.1. The summed E-state index contributed by atoms with van der Waals surface area (Å²) in [6.07, 6.45) is 0. The Balaban J connectivity index is 1.98. The lowest BCUT2D eigenvalue weighted by atomic mass is 10.0. The van der Waals surface area contributed by atoms with Gasteiger partial charge in [-0.3, -0.25) is 0 Å². The minimum Gasteiger partial charge on any atom is -0.504 e. The summed E-state index contributed by atoms with van der Waals surface area (Å²) in [5.74, 6) is -0.132. The normalized spacial score (nSPS) is 11.3. The molecule has 2 N–H and O–H groups in total. The highest BCUT2D eigenvalue weighted by molar-refractivity contribution is 9.15. The molecule has 0 heterocycles. The predicted molar refractivity (Wildman–Crippen MR) is 200 cm³/mol. The van der Waals surface area contributed by atoms with Gasteiger partial charge in [-0.05, 0) is 227 Å². The largest absolute Gasteiger partial charge is 0.504 e. The standard InChI is InChI=1S/C24H6Br12O3/c25-7-1-5(2-8(26)13(7)29)11-15(31)17(33)19(35)23(21(11)37)39-24-20(36)18(34)16(32)12(22(24)38)6-3-9(27)14(30)10(28)4-6/h1-4,37-38H. The molecule has 15 heteroatoms. The lowest BCUT2D eigenvalue weighted by Gasteiger charge is -2.21. The molecule has 0 spiro atoms. The number of aromatic hydroxyl groups is 2. The van der Waals surface area contributed by atoms with Crippen molar-refractivity contribution >= 4 is 191 Å². The minimum atomic E-state index is -0.154. The molecule has 0 atom stereocenters. The molecule has 39 heavy (non-hydrogen) atoms. The van der Waals surface area contributed by atoms with E-state index in [-0.39, 0.29) is 23.0 Å². The van der Waals surface area contributed by atoms with Crippen LogP contribution in [-0.4, -0.2) is 10.2 Å². The Labute approximate surface area is 324 Å². The van der Waals surface area contributed by atoms with Crippen LogP contribution in [0.4, 0.5) is 0 Å². The first-order valence-corrected chi connectivity index (χ1v) is 19.4. The van der Waals surface area contributed by atoms with E-state index in [0.717, 1.165) is 26.8 Å². The maximum Gasteiger partial charge on any atom is 0.185 e. The zero-order chi connectivity index (χ0) is 29.1. The van der Waals surface area contributed by atoms with Crippen molar-refractivity contribution in [3.63, 3.8) is 0 Å². The van der Waals surface area contributed by atoms with Crippen LogP contribution in [0.25, 0.3) is 22.3 Å². The quantitative estimate of drug-likeness (QED) is 0.200. The molecule has 4 rings (SSSR count). The molecule has 4 aromatic rings. The third kappa shape index (κ3) is 6.55. The van der Waals surface area contributed by atoms with Crippen LogP contribution >= 0.6 is 191 Å². The fourth-order valence-corrected chi connectivity index (χ4v) is 9.75. The second-order valence-electron chi connectivity index (χ2n) is 7.60. The van der Waals surface area contributed by atoms with Gasteiger partial charge in [0, 0.05) is 46.9 Å². The van der Waals surface area contributed by atoms with Crippen molar-refractivity contribution in [3.05, 3.63) is 77.9 Å². The Morgan fingerprint density at radius 2 is 0.667 bits per heavy atom. The van der Waals surface area contributed by atoms with Gasteiger partial charge < -0.3 is 14.9 Å². The molecule has 0 aromatic heterocycles. The highest BCUT2D eigenvalue weighted by Crippen LogP contribution is 2.58. The maximum absolute atomic E-state index is 11.6. The molecule has 0 aliphatic heterocycles. The summed E-state index contributed by atoms with van der Waals surface area (Å²) in [6.45, 7) is 0. The van der Waals surface area contributed by atoms with Gasteiger partial charge in [0.1, 0.15) is 0 Å². The van der Waals surface area contributed by atoms with Crippen LogP contribution in [0.2, 0.25) is 0 Å². The monoisotopic (exact) mass is 1290 g/mol. The van der Waals surface area contributed by atoms with E-state index >= 15 is 0 Å². The lowest BCUT2D eigenvalue weighted by molar-refractivity contribution is 0.382. The first-order valence-electron chi connectivity index (χ1n) is 9.93. The fraction of sp³-hybridized carbons (Fsp3) is 0. The number of ether oxygens (including phenoxy) is 1. The predicted octanol–water partition coefficient (Wildman–Crippen LogP) is 15.4. The number of halogens is 12. The number of phenols is 2. The molecule has 0 saturated heterocycles. The average Bonchev–Trinajstić information content (AvgIpc) is 2.87. The summed E-state index contributed by atoms with van der Waals surface area (Å²) in [5, 5.41) is 23.1.